The van der Waals surface area contributed by atoms with E-state index in [9.17, 15) is 28.8 Å². The predicted molar refractivity (Wildman–Crippen MR) is 442 cm³/mol. The Hall–Kier alpha value is -11.3. The molecule has 0 aromatic carbocycles. The summed E-state index contributed by atoms with van der Waals surface area (Å²) in [5.74, 6) is 6.22. The summed E-state index contributed by atoms with van der Waals surface area (Å²) < 4.78 is 43.3. The van der Waals surface area contributed by atoms with Crippen molar-refractivity contribution < 1.29 is 64.1 Å². The van der Waals surface area contributed by atoms with Crippen molar-refractivity contribution in [3.05, 3.63) is 240 Å². The van der Waals surface area contributed by atoms with Gasteiger partial charge < -0.3 is 96.6 Å². The third-order valence-corrected chi connectivity index (χ3v) is 23.8. The topological polar surface area (TPSA) is 389 Å². The fourth-order valence-corrected chi connectivity index (χ4v) is 17.1. The highest BCUT2D eigenvalue weighted by molar-refractivity contribution is 7.11. The molecule has 0 fully saturated rings. The summed E-state index contributed by atoms with van der Waals surface area (Å²) in [6.07, 6.45) is 32.1. The van der Waals surface area contributed by atoms with E-state index in [0.717, 1.165) is 111 Å². The lowest BCUT2D eigenvalue weighted by atomic mass is 9.87. The summed E-state index contributed by atoms with van der Waals surface area (Å²) in [5, 5.41) is 35.3. The average molecular weight is 1680 g/mol. The molecule has 35 heteroatoms. The molecule has 0 spiro atoms. The van der Waals surface area contributed by atoms with Gasteiger partial charge in [-0.05, 0) is 151 Å². The van der Waals surface area contributed by atoms with Crippen LogP contribution < -0.4 is 31.9 Å². The average Bonchev–Trinajstić information content (AvgIpc) is 2.41. The summed E-state index contributed by atoms with van der Waals surface area (Å²) in [6, 6.07) is 7.15. The fourth-order valence-electron chi connectivity index (χ4n) is 15.7. The Kier molecular flexibility index (Phi) is 28.3. The van der Waals surface area contributed by atoms with E-state index >= 15 is 0 Å². The van der Waals surface area contributed by atoms with Gasteiger partial charge in [0, 0.05) is 87.6 Å². The lowest BCUT2D eigenvalue weighted by molar-refractivity contribution is -0.135. The van der Waals surface area contributed by atoms with Crippen LogP contribution in [0.1, 0.15) is 164 Å². The van der Waals surface area contributed by atoms with Gasteiger partial charge in [-0.25, -0.2) is 15.0 Å². The van der Waals surface area contributed by atoms with E-state index in [1.54, 1.807) is 118 Å². The zero-order valence-corrected chi connectivity index (χ0v) is 71.3. The van der Waals surface area contributed by atoms with Crippen LogP contribution in [0, 0.1) is 24.7 Å². The maximum atomic E-state index is 12.8. The normalized spacial score (nSPS) is 20.8. The number of hydrogen-bond donors (Lipinski definition) is 6. The number of fused-ring (bicyclic) bond motifs is 6. The highest BCUT2D eigenvalue weighted by Crippen LogP contribution is 2.37. The van der Waals surface area contributed by atoms with Gasteiger partial charge in [0.1, 0.15) is 81.3 Å². The molecule has 8 aliphatic rings. The maximum absolute atomic E-state index is 12.8. The van der Waals surface area contributed by atoms with Crippen LogP contribution in [-0.2, 0) is 93.5 Å². The van der Waals surface area contributed by atoms with Gasteiger partial charge in [-0.1, -0.05) is 64.2 Å². The van der Waals surface area contributed by atoms with Gasteiger partial charge in [-0.3, -0.25) is 28.8 Å². The number of furan rings is 5. The Labute approximate surface area is 703 Å². The van der Waals surface area contributed by atoms with Gasteiger partial charge in [0.15, 0.2) is 18.0 Å². The molecule has 0 bridgehead atoms. The Morgan fingerprint density at radius 1 is 0.450 bits per heavy atom. The number of aromatic nitrogens is 7. The van der Waals surface area contributed by atoms with Crippen LogP contribution >= 0.6 is 22.7 Å². The smallest absolute Gasteiger partial charge is 0.248 e. The second-order valence-corrected chi connectivity index (χ2v) is 33.3. The summed E-state index contributed by atoms with van der Waals surface area (Å²) in [7, 11) is 10.6. The highest BCUT2D eigenvalue weighted by atomic mass is 32.1. The number of aryl methyl sites for hydroxylation is 2. The van der Waals surface area contributed by atoms with Gasteiger partial charge in [0.05, 0.1) is 74.4 Å². The molecule has 6 unspecified atom stereocenters. The Morgan fingerprint density at radius 3 is 1.28 bits per heavy atom. The molecule has 6 aliphatic heterocycles. The van der Waals surface area contributed by atoms with Crippen LogP contribution in [0.2, 0.25) is 0 Å². The predicted octanol–water partition coefficient (Wildman–Crippen LogP) is 9.09. The molecule has 33 nitrogen and oxygen atoms in total. The number of rotatable bonds is 18. The third-order valence-electron chi connectivity index (χ3n) is 22.3. The van der Waals surface area contributed by atoms with E-state index in [-0.39, 0.29) is 52.3 Å². The van der Waals surface area contributed by atoms with E-state index in [0.29, 0.717) is 107 Å². The molecule has 16 heterocycles. The quantitative estimate of drug-likeness (QED) is 0.0466. The Balaban J connectivity index is 0.000000125. The van der Waals surface area contributed by atoms with E-state index in [1.807, 2.05) is 58.2 Å². The van der Waals surface area contributed by atoms with Gasteiger partial charge in [-0.15, -0.1) is 43.1 Å². The number of oxazole rings is 2. The molecule has 0 saturated heterocycles. The summed E-state index contributed by atoms with van der Waals surface area (Å²) in [6.45, 7) is 19.7. The molecule has 6 N–H and O–H groups in total. The molecule has 120 heavy (non-hydrogen) atoms. The molecule has 0 saturated carbocycles. The third kappa shape index (κ3) is 20.2. The van der Waals surface area contributed by atoms with E-state index in [1.165, 1.54) is 35.3 Å². The number of nitrogens with one attached hydrogen (secondary N) is 6. The van der Waals surface area contributed by atoms with E-state index < -0.39 is 30.2 Å². The molecular formula is C85H105N19O14S2. The van der Waals surface area contributed by atoms with Gasteiger partial charge in [0.25, 0.3) is 0 Å². The minimum absolute atomic E-state index is 0.00440. The summed E-state index contributed by atoms with van der Waals surface area (Å²) in [5.41, 5.74) is 10.6. The molecular weight excluding hydrogens is 1580 g/mol. The molecule has 18 rings (SSSR count). The van der Waals surface area contributed by atoms with Crippen LogP contribution in [0.5, 0.6) is 0 Å². The Morgan fingerprint density at radius 2 is 0.892 bits per heavy atom. The van der Waals surface area contributed by atoms with Gasteiger partial charge in [-0.2, -0.15) is 0 Å². The molecule has 0 radical (unpaired) electrons. The van der Waals surface area contributed by atoms with Gasteiger partial charge in [0.2, 0.25) is 47.7 Å². The first-order valence-electron chi connectivity index (χ1n) is 40.1. The largest absolute Gasteiger partial charge is 0.467 e. The van der Waals surface area contributed by atoms with Crippen LogP contribution in [0.15, 0.2) is 175 Å². The van der Waals surface area contributed by atoms with Crippen molar-refractivity contribution in [3.8, 4) is 0 Å². The second kappa shape index (κ2) is 39.3. The lowest BCUT2D eigenvalue weighted by Gasteiger charge is -2.29. The fraction of sp³-hybridized carbons (Fsp3) is 0.447. The number of amides is 6. The summed E-state index contributed by atoms with van der Waals surface area (Å²) in [4.78, 5) is 100. The first-order chi connectivity index (χ1) is 58.0. The van der Waals surface area contributed by atoms with Crippen LogP contribution in [-0.4, -0.2) is 195 Å². The highest BCUT2D eigenvalue weighted by Gasteiger charge is 2.40. The lowest BCUT2D eigenvalue weighted by Crippen LogP contribution is -2.41. The number of thiazole rings is 1. The van der Waals surface area contributed by atoms with Crippen molar-refractivity contribution in [1.82, 2.24) is 96.6 Å². The number of carbonyl (C=O) groups is 6. The number of likely N-dealkylation sites (N-methyl/N-ethyl adjacent to an activating group) is 6. The molecule has 10 aromatic rings. The SMILES string of the molecule is CNC1C(=O)N(CC2=CC(C)(C)C=C2)CCc2ccoc21.CNC1C(=O)N(CC2=CC=CC2(C)C)CCc2ncoc21.CNC1C(=O)N(Cc2cnc(C)o2)CCc2ccoc21.CNC1C(=O)N(Cc2cnc(C)s2)CCc2ccoc21.CNC1C(=O)N(Cc2nnco2)CCc2ccoc21.CNC1C(=O)N(Cc2nncs2)CCc2ccoc21. The number of carbonyl (C=O) groups excluding carboxylic acids is 6. The number of hydrogen-bond acceptors (Lipinski definition) is 29. The molecule has 10 aromatic heterocycles. The van der Waals surface area contributed by atoms with Crippen molar-refractivity contribution in [2.24, 2.45) is 10.8 Å². The van der Waals surface area contributed by atoms with Crippen LogP contribution in [0.25, 0.3) is 0 Å². The molecule has 6 atom stereocenters. The monoisotopic (exact) mass is 1680 g/mol. The van der Waals surface area contributed by atoms with Crippen molar-refractivity contribution in [2.75, 3.05) is 94.6 Å². The maximum Gasteiger partial charge on any atom is 0.248 e. The minimum Gasteiger partial charge on any atom is -0.467 e. The van der Waals surface area contributed by atoms with Crippen molar-refractivity contribution in [3.63, 3.8) is 0 Å². The van der Waals surface area contributed by atoms with E-state index in [4.69, 9.17) is 35.3 Å². The first kappa shape index (κ1) is 86.5. The zero-order chi connectivity index (χ0) is 84.8. The molecule has 636 valence electrons. The second-order valence-electron chi connectivity index (χ2n) is 31.1. The molecule has 2 aliphatic carbocycles. The van der Waals surface area contributed by atoms with Crippen molar-refractivity contribution in [1.29, 1.82) is 0 Å². The summed E-state index contributed by atoms with van der Waals surface area (Å²) >= 11 is 3.10. The van der Waals surface area contributed by atoms with Crippen LogP contribution in [0.4, 0.5) is 0 Å². The number of nitrogens with zero attached hydrogens (tertiary/aromatic N) is 13. The van der Waals surface area contributed by atoms with Gasteiger partial charge >= 0.3 is 0 Å². The Bertz CT molecular complexity index is 5030. The van der Waals surface area contributed by atoms with Crippen molar-refractivity contribution >= 4 is 58.1 Å². The standard InChI is InChI=1S/C17H22N2O2.C16H21N3O2.C14H17N3O3.C14H17N3O2S.C12H14N4O3.C12H14N4O2S/c1-17(2)7-4-12(10-17)11-19-8-5-13-6-9-21-15(13)14(18-3)16(19)20;1-16(2)7-4-5-11(16)9-19-8-6-12-14(21-10-18-12)13(17-3)15(19)20;2*1-9-16-7-11(20-9)8-17-5-3-10-4-6-19-13(10)12(15-2)14(17)18;2*1-13-10-11-8(3-5-18-11)2-4-16(12(10)17)6-9-15-14-7-19-9/h4,6-7,9-10,14,18H,5,8,11H2,1-3H3;4-5,7,10,13,17H,6,8-9H2,1-3H3;2*4,6-7,12,15H,3,5,8H2,1-2H3;2*3,5,7,10,13H,2,4,6H2,1H3. The minimum atomic E-state index is -0.463. The van der Waals surface area contributed by atoms with Crippen molar-refractivity contribution in [2.45, 2.75) is 142 Å². The number of allylic oxidation sites excluding steroid dienone is 5. The zero-order valence-electron chi connectivity index (χ0n) is 69.7. The molecule has 6 amide bonds. The first-order valence-corrected chi connectivity index (χ1v) is 41.8. The van der Waals surface area contributed by atoms with E-state index in [2.05, 4.69) is 131 Å². The van der Waals surface area contributed by atoms with Crippen LogP contribution in [0.3, 0.4) is 0 Å².